The van der Waals surface area contributed by atoms with Crippen LogP contribution < -0.4 is 10.6 Å². The smallest absolute Gasteiger partial charge is 0.225 e. The summed E-state index contributed by atoms with van der Waals surface area (Å²) in [7, 11) is 0. The van der Waals surface area contributed by atoms with E-state index in [1.54, 1.807) is 13.0 Å². The van der Waals surface area contributed by atoms with Gasteiger partial charge in [-0.1, -0.05) is 39.0 Å². The van der Waals surface area contributed by atoms with E-state index in [0.717, 1.165) is 18.5 Å². The van der Waals surface area contributed by atoms with Crippen molar-refractivity contribution in [1.29, 1.82) is 0 Å². The number of rotatable bonds is 6. The Morgan fingerprint density at radius 2 is 1.55 bits per heavy atom. The molecule has 0 saturated heterocycles. The van der Waals surface area contributed by atoms with Gasteiger partial charge in [0.05, 0.1) is 0 Å². The molecule has 0 aliphatic rings. The normalized spacial score (nSPS) is 10.3. The van der Waals surface area contributed by atoms with Crippen LogP contribution in [0.15, 0.2) is 30.3 Å². The summed E-state index contributed by atoms with van der Waals surface area (Å²) >= 11 is 0. The molecule has 0 unspecified atom stereocenters. The van der Waals surface area contributed by atoms with E-state index in [2.05, 4.69) is 52.9 Å². The Kier molecular flexibility index (Phi) is 5.47. The minimum atomic E-state index is -0.0698. The molecule has 5 nitrogen and oxygen atoms in total. The highest BCUT2D eigenvalue weighted by Crippen LogP contribution is 2.25. The molecule has 0 bridgehead atoms. The number of amides is 1. The van der Waals surface area contributed by atoms with Crippen molar-refractivity contribution in [2.24, 2.45) is 0 Å². The van der Waals surface area contributed by atoms with Crippen LogP contribution in [0.1, 0.15) is 38.3 Å². The second kappa shape index (κ2) is 7.54. The fraction of sp³-hybridized carbons (Fsp3) is 0.353. The van der Waals surface area contributed by atoms with E-state index in [0.29, 0.717) is 18.1 Å². The zero-order valence-electron chi connectivity index (χ0n) is 13.3. The average molecular weight is 298 g/mol. The van der Waals surface area contributed by atoms with Crippen molar-refractivity contribution in [1.82, 2.24) is 10.2 Å². The van der Waals surface area contributed by atoms with Crippen molar-refractivity contribution in [3.63, 3.8) is 0 Å². The van der Waals surface area contributed by atoms with Crippen LogP contribution in [0, 0.1) is 0 Å². The Hall–Kier alpha value is -2.43. The van der Waals surface area contributed by atoms with E-state index in [-0.39, 0.29) is 5.91 Å². The van der Waals surface area contributed by atoms with E-state index < -0.39 is 0 Å². The lowest BCUT2D eigenvalue weighted by molar-refractivity contribution is -0.115. The highest BCUT2D eigenvalue weighted by Gasteiger charge is 2.08. The summed E-state index contributed by atoms with van der Waals surface area (Å²) in [6, 6.07) is 9.89. The zero-order chi connectivity index (χ0) is 15.9. The molecule has 0 aliphatic heterocycles. The highest BCUT2D eigenvalue weighted by molar-refractivity contribution is 5.89. The monoisotopic (exact) mass is 298 g/mol. The number of hydrogen-bond acceptors (Lipinski definition) is 4. The van der Waals surface area contributed by atoms with Gasteiger partial charge in [0, 0.05) is 12.1 Å². The Bertz CT molecular complexity index is 615. The molecule has 1 aromatic heterocycles. The summed E-state index contributed by atoms with van der Waals surface area (Å²) in [5.74, 6) is 1.07. The maximum atomic E-state index is 11.3. The maximum Gasteiger partial charge on any atom is 0.225 e. The lowest BCUT2D eigenvalue weighted by atomic mass is 10.0. The predicted octanol–water partition coefficient (Wildman–Crippen LogP) is 3.69. The van der Waals surface area contributed by atoms with Crippen molar-refractivity contribution in [2.45, 2.75) is 40.0 Å². The lowest BCUT2D eigenvalue weighted by Crippen LogP contribution is -2.11. The van der Waals surface area contributed by atoms with Crippen molar-refractivity contribution in [3.8, 4) is 0 Å². The molecule has 2 aromatic rings. The van der Waals surface area contributed by atoms with E-state index in [9.17, 15) is 4.79 Å². The Labute approximate surface area is 131 Å². The number of carbonyl (C=O) groups excluding carboxylic acids is 1. The highest BCUT2D eigenvalue weighted by atomic mass is 16.1. The number of aryl methyl sites for hydroxylation is 2. The first kappa shape index (κ1) is 15.9. The van der Waals surface area contributed by atoms with E-state index >= 15 is 0 Å². The molecule has 0 fully saturated rings. The molecular formula is C17H22N4O. The van der Waals surface area contributed by atoms with Crippen LogP contribution in [-0.4, -0.2) is 16.1 Å². The van der Waals surface area contributed by atoms with Gasteiger partial charge >= 0.3 is 0 Å². The Balaban J connectivity index is 2.19. The molecular weight excluding hydrogens is 276 g/mol. The van der Waals surface area contributed by atoms with Gasteiger partial charge in [-0.3, -0.25) is 4.79 Å². The van der Waals surface area contributed by atoms with E-state index in [4.69, 9.17) is 0 Å². The molecule has 1 aromatic carbocycles. The summed E-state index contributed by atoms with van der Waals surface area (Å²) in [4.78, 5) is 11.3. The zero-order valence-corrected chi connectivity index (χ0v) is 13.3. The molecule has 2 N–H and O–H groups in total. The van der Waals surface area contributed by atoms with Crippen molar-refractivity contribution in [3.05, 3.63) is 41.5 Å². The minimum Gasteiger partial charge on any atom is -0.338 e. The van der Waals surface area contributed by atoms with Gasteiger partial charge in [-0.2, -0.15) is 0 Å². The number of hydrogen-bond donors (Lipinski definition) is 2. The molecule has 2 rings (SSSR count). The van der Waals surface area contributed by atoms with E-state index in [1.165, 1.54) is 11.1 Å². The maximum absolute atomic E-state index is 11.3. The molecule has 22 heavy (non-hydrogen) atoms. The molecule has 0 radical (unpaired) electrons. The van der Waals surface area contributed by atoms with Crippen LogP contribution >= 0.6 is 0 Å². The van der Waals surface area contributed by atoms with Gasteiger partial charge in [0.25, 0.3) is 0 Å². The van der Waals surface area contributed by atoms with Crippen molar-refractivity contribution < 1.29 is 4.79 Å². The standard InChI is InChI=1S/C17H22N4O/c1-4-12-8-7-9-13(5-2)17(12)19-15-11-10-14(20-21-15)18-16(22)6-3/h7-11H,4-6H2,1-3H3,(H,19,21)(H,18,20,22). The van der Waals surface area contributed by atoms with Crippen LogP contribution in [0.25, 0.3) is 0 Å². The van der Waals surface area contributed by atoms with E-state index in [1.807, 2.05) is 6.07 Å². The summed E-state index contributed by atoms with van der Waals surface area (Å²) < 4.78 is 0. The van der Waals surface area contributed by atoms with Crippen LogP contribution in [0.2, 0.25) is 0 Å². The molecule has 0 saturated carbocycles. The van der Waals surface area contributed by atoms with Gasteiger partial charge in [0.1, 0.15) is 0 Å². The summed E-state index contributed by atoms with van der Waals surface area (Å²) in [5.41, 5.74) is 3.61. The van der Waals surface area contributed by atoms with Gasteiger partial charge in [-0.05, 0) is 36.1 Å². The number of aromatic nitrogens is 2. The third-order valence-corrected chi connectivity index (χ3v) is 3.51. The number of nitrogens with one attached hydrogen (secondary N) is 2. The van der Waals surface area contributed by atoms with Gasteiger partial charge in [0.2, 0.25) is 5.91 Å². The quantitative estimate of drug-likeness (QED) is 0.853. The molecule has 5 heteroatoms. The second-order valence-electron chi connectivity index (χ2n) is 4.99. The molecule has 0 spiro atoms. The summed E-state index contributed by atoms with van der Waals surface area (Å²) in [6.07, 6.45) is 2.33. The van der Waals surface area contributed by atoms with Crippen LogP contribution in [-0.2, 0) is 17.6 Å². The number of benzene rings is 1. The SMILES string of the molecule is CCC(=O)Nc1ccc(Nc2c(CC)cccc2CC)nn1. The molecule has 0 aliphatic carbocycles. The van der Waals surface area contributed by atoms with Crippen LogP contribution in [0.4, 0.5) is 17.3 Å². The lowest BCUT2D eigenvalue weighted by Gasteiger charge is -2.14. The van der Waals surface area contributed by atoms with Gasteiger partial charge < -0.3 is 10.6 Å². The number of anilines is 3. The number of para-hydroxylation sites is 1. The molecule has 1 heterocycles. The van der Waals surface area contributed by atoms with Gasteiger partial charge in [-0.15, -0.1) is 10.2 Å². The first-order valence-electron chi connectivity index (χ1n) is 7.69. The largest absolute Gasteiger partial charge is 0.338 e. The van der Waals surface area contributed by atoms with Crippen LogP contribution in [0.5, 0.6) is 0 Å². The first-order valence-corrected chi connectivity index (χ1v) is 7.69. The minimum absolute atomic E-state index is 0.0698. The van der Waals surface area contributed by atoms with Gasteiger partial charge in [0.15, 0.2) is 11.6 Å². The fourth-order valence-corrected chi connectivity index (χ4v) is 2.23. The number of nitrogens with zero attached hydrogens (tertiary/aromatic N) is 2. The number of carbonyl (C=O) groups is 1. The van der Waals surface area contributed by atoms with Crippen molar-refractivity contribution in [2.75, 3.05) is 10.6 Å². The topological polar surface area (TPSA) is 66.9 Å². The summed E-state index contributed by atoms with van der Waals surface area (Å²) in [6.45, 7) is 6.07. The van der Waals surface area contributed by atoms with Crippen molar-refractivity contribution >= 4 is 23.2 Å². The fourth-order valence-electron chi connectivity index (χ4n) is 2.23. The second-order valence-corrected chi connectivity index (χ2v) is 4.99. The summed E-state index contributed by atoms with van der Waals surface area (Å²) in [5, 5.41) is 14.2. The molecule has 1 amide bonds. The Morgan fingerprint density at radius 1 is 0.955 bits per heavy atom. The van der Waals surface area contributed by atoms with Gasteiger partial charge in [-0.25, -0.2) is 0 Å². The predicted molar refractivity (Wildman–Crippen MR) is 89.4 cm³/mol. The average Bonchev–Trinajstić information content (AvgIpc) is 2.56. The Morgan fingerprint density at radius 3 is 2.05 bits per heavy atom. The third-order valence-electron chi connectivity index (χ3n) is 3.51. The first-order chi connectivity index (χ1) is 10.7. The molecule has 116 valence electrons. The van der Waals surface area contributed by atoms with Crippen LogP contribution in [0.3, 0.4) is 0 Å². The third kappa shape index (κ3) is 3.81. The molecule has 0 atom stereocenters.